The van der Waals surface area contributed by atoms with E-state index in [4.69, 9.17) is 4.74 Å². The number of fused-ring (bicyclic) bond motifs is 1. The predicted octanol–water partition coefficient (Wildman–Crippen LogP) is 0.935. The lowest BCUT2D eigenvalue weighted by Crippen LogP contribution is -2.51. The lowest BCUT2D eigenvalue weighted by molar-refractivity contribution is -0.141. The van der Waals surface area contributed by atoms with Gasteiger partial charge in [0.1, 0.15) is 0 Å². The van der Waals surface area contributed by atoms with Crippen molar-refractivity contribution in [1.29, 1.82) is 0 Å². The summed E-state index contributed by atoms with van der Waals surface area (Å²) in [6, 6.07) is 11.9. The van der Waals surface area contributed by atoms with E-state index < -0.39 is 0 Å². The molecule has 2 N–H and O–H groups in total. The quantitative estimate of drug-likeness (QED) is 0.822. The highest BCUT2D eigenvalue weighted by atomic mass is 16.5. The molecule has 28 heavy (non-hydrogen) atoms. The second-order valence-corrected chi connectivity index (χ2v) is 7.44. The Bertz CT molecular complexity index is 850. The molecule has 2 saturated heterocycles. The third kappa shape index (κ3) is 4.31. The molecule has 0 spiro atoms. The van der Waals surface area contributed by atoms with Crippen molar-refractivity contribution < 1.29 is 14.3 Å². The van der Waals surface area contributed by atoms with Crippen molar-refractivity contribution in [2.75, 3.05) is 39.4 Å². The van der Waals surface area contributed by atoms with Crippen molar-refractivity contribution in [2.45, 2.75) is 13.0 Å². The fraction of sp³-hybridized carbons (Fsp3) is 0.476. The van der Waals surface area contributed by atoms with E-state index in [1.165, 1.54) is 0 Å². The minimum atomic E-state index is -0.204. The number of piperidine rings is 1. The van der Waals surface area contributed by atoms with E-state index in [-0.39, 0.29) is 23.7 Å². The van der Waals surface area contributed by atoms with Crippen molar-refractivity contribution in [3.05, 3.63) is 42.1 Å². The summed E-state index contributed by atoms with van der Waals surface area (Å²) >= 11 is 0. The first-order valence-corrected chi connectivity index (χ1v) is 9.90. The number of benzene rings is 1. The van der Waals surface area contributed by atoms with Gasteiger partial charge in [0.15, 0.2) is 0 Å². The Hall–Kier alpha value is -2.51. The first-order chi connectivity index (χ1) is 13.7. The molecule has 148 valence electrons. The standard InChI is InChI=1S/C21H26N4O3/c26-20(23-14-18-6-5-15-3-1-2-4-19(15)24-18)16-11-17(13-22-12-16)21(27)25-7-9-28-10-8-25/h1-6,16-17,22H,7-14H2,(H,23,26)/t16-,17-/m1/s1. The van der Waals surface area contributed by atoms with E-state index in [0.717, 1.165) is 16.6 Å². The number of nitrogens with zero attached hydrogens (tertiary/aromatic N) is 2. The molecular weight excluding hydrogens is 356 g/mol. The minimum Gasteiger partial charge on any atom is -0.378 e. The van der Waals surface area contributed by atoms with Crippen LogP contribution in [0.4, 0.5) is 0 Å². The Morgan fingerprint density at radius 2 is 1.89 bits per heavy atom. The molecule has 2 amide bonds. The molecule has 2 fully saturated rings. The molecule has 2 aromatic rings. The molecule has 0 radical (unpaired) electrons. The molecule has 0 unspecified atom stereocenters. The number of carbonyl (C=O) groups excluding carboxylic acids is 2. The number of amides is 2. The Balaban J connectivity index is 1.32. The first kappa shape index (κ1) is 18.8. The number of carbonyl (C=O) groups is 2. The summed E-state index contributed by atoms with van der Waals surface area (Å²) in [6.07, 6.45) is 0.584. The molecule has 0 bridgehead atoms. The largest absolute Gasteiger partial charge is 0.378 e. The molecule has 2 aliphatic heterocycles. The maximum Gasteiger partial charge on any atom is 0.227 e. The Morgan fingerprint density at radius 3 is 2.75 bits per heavy atom. The van der Waals surface area contributed by atoms with Gasteiger partial charge in [0, 0.05) is 31.6 Å². The van der Waals surface area contributed by atoms with Gasteiger partial charge in [0.25, 0.3) is 0 Å². The van der Waals surface area contributed by atoms with E-state index >= 15 is 0 Å². The third-order valence-corrected chi connectivity index (χ3v) is 5.49. The monoisotopic (exact) mass is 382 g/mol. The van der Waals surface area contributed by atoms with Crippen LogP contribution in [0, 0.1) is 11.8 Å². The maximum absolute atomic E-state index is 12.7. The summed E-state index contributed by atoms with van der Waals surface area (Å²) in [4.78, 5) is 31.8. The smallest absolute Gasteiger partial charge is 0.227 e. The van der Waals surface area contributed by atoms with Gasteiger partial charge in [-0.05, 0) is 18.6 Å². The molecule has 3 heterocycles. The van der Waals surface area contributed by atoms with Gasteiger partial charge < -0.3 is 20.3 Å². The fourth-order valence-electron chi connectivity index (χ4n) is 3.90. The summed E-state index contributed by atoms with van der Waals surface area (Å²) < 4.78 is 5.32. The molecule has 2 aliphatic rings. The molecule has 7 heteroatoms. The zero-order chi connectivity index (χ0) is 19.3. The van der Waals surface area contributed by atoms with Gasteiger partial charge in [0.05, 0.1) is 42.8 Å². The number of aromatic nitrogens is 1. The lowest BCUT2D eigenvalue weighted by Gasteiger charge is -2.34. The van der Waals surface area contributed by atoms with Crippen molar-refractivity contribution in [2.24, 2.45) is 11.8 Å². The molecule has 0 saturated carbocycles. The average Bonchev–Trinajstić information content (AvgIpc) is 2.77. The van der Waals surface area contributed by atoms with Gasteiger partial charge in [-0.1, -0.05) is 24.3 Å². The van der Waals surface area contributed by atoms with E-state index in [1.807, 2.05) is 41.3 Å². The van der Waals surface area contributed by atoms with E-state index in [2.05, 4.69) is 15.6 Å². The van der Waals surface area contributed by atoms with Crippen LogP contribution in [-0.2, 0) is 20.9 Å². The molecule has 7 nitrogen and oxygen atoms in total. The second-order valence-electron chi connectivity index (χ2n) is 7.44. The summed E-state index contributed by atoms with van der Waals surface area (Å²) in [5.41, 5.74) is 1.75. The molecule has 4 rings (SSSR count). The van der Waals surface area contributed by atoms with Gasteiger partial charge in [-0.15, -0.1) is 0 Å². The summed E-state index contributed by atoms with van der Waals surface area (Å²) in [5.74, 6) is -0.253. The van der Waals surface area contributed by atoms with Crippen LogP contribution in [-0.4, -0.2) is 61.1 Å². The normalized spacial score (nSPS) is 22.8. The number of para-hydroxylation sites is 1. The number of hydrogen-bond donors (Lipinski definition) is 2. The predicted molar refractivity (Wildman–Crippen MR) is 105 cm³/mol. The molecule has 1 aromatic heterocycles. The van der Waals surface area contributed by atoms with Gasteiger partial charge in [-0.2, -0.15) is 0 Å². The van der Waals surface area contributed by atoms with E-state index in [0.29, 0.717) is 52.4 Å². The van der Waals surface area contributed by atoms with Gasteiger partial charge in [-0.25, -0.2) is 0 Å². The fourth-order valence-corrected chi connectivity index (χ4v) is 3.90. The highest BCUT2D eigenvalue weighted by Crippen LogP contribution is 2.20. The minimum absolute atomic E-state index is 0.0260. The number of pyridine rings is 1. The molecule has 2 atom stereocenters. The SMILES string of the molecule is O=C(NCc1ccc2ccccc2n1)[C@H]1CNC[C@H](C(=O)N2CCOCC2)C1. The van der Waals surface area contributed by atoms with Crippen LogP contribution in [0.3, 0.4) is 0 Å². The number of ether oxygens (including phenoxy) is 1. The topological polar surface area (TPSA) is 83.6 Å². The zero-order valence-corrected chi connectivity index (χ0v) is 15.9. The summed E-state index contributed by atoms with van der Waals surface area (Å²) in [6.45, 7) is 4.08. The van der Waals surface area contributed by atoms with Crippen molar-refractivity contribution in [3.63, 3.8) is 0 Å². The highest BCUT2D eigenvalue weighted by Gasteiger charge is 2.33. The van der Waals surface area contributed by atoms with Crippen LogP contribution >= 0.6 is 0 Å². The Labute approximate surface area is 164 Å². The molecule has 0 aliphatic carbocycles. The van der Waals surface area contributed by atoms with Crippen LogP contribution in [0.1, 0.15) is 12.1 Å². The summed E-state index contributed by atoms with van der Waals surface area (Å²) in [7, 11) is 0. The van der Waals surface area contributed by atoms with Crippen molar-refractivity contribution in [1.82, 2.24) is 20.5 Å². The zero-order valence-electron chi connectivity index (χ0n) is 15.9. The van der Waals surface area contributed by atoms with Crippen molar-refractivity contribution in [3.8, 4) is 0 Å². The van der Waals surface area contributed by atoms with Gasteiger partial charge in [-0.3, -0.25) is 14.6 Å². The Morgan fingerprint density at radius 1 is 1.11 bits per heavy atom. The van der Waals surface area contributed by atoms with Crippen LogP contribution in [0.2, 0.25) is 0 Å². The van der Waals surface area contributed by atoms with E-state index in [9.17, 15) is 9.59 Å². The number of morpholine rings is 1. The van der Waals surface area contributed by atoms with Gasteiger partial charge >= 0.3 is 0 Å². The first-order valence-electron chi connectivity index (χ1n) is 9.90. The third-order valence-electron chi connectivity index (χ3n) is 5.49. The van der Waals surface area contributed by atoms with Crippen molar-refractivity contribution >= 4 is 22.7 Å². The summed E-state index contributed by atoms with van der Waals surface area (Å²) in [5, 5.41) is 7.32. The highest BCUT2D eigenvalue weighted by molar-refractivity contribution is 5.83. The van der Waals surface area contributed by atoms with E-state index in [1.54, 1.807) is 0 Å². The molecule has 1 aromatic carbocycles. The van der Waals surface area contributed by atoms with Crippen LogP contribution < -0.4 is 10.6 Å². The number of hydrogen-bond acceptors (Lipinski definition) is 5. The van der Waals surface area contributed by atoms with Crippen LogP contribution in [0.5, 0.6) is 0 Å². The number of rotatable bonds is 4. The maximum atomic E-state index is 12.7. The lowest BCUT2D eigenvalue weighted by atomic mass is 9.88. The van der Waals surface area contributed by atoms with Gasteiger partial charge in [0.2, 0.25) is 11.8 Å². The average molecular weight is 382 g/mol. The van der Waals surface area contributed by atoms with Crippen LogP contribution in [0.15, 0.2) is 36.4 Å². The van der Waals surface area contributed by atoms with Crippen LogP contribution in [0.25, 0.3) is 10.9 Å². The Kier molecular flexibility index (Phi) is 5.83. The molecular formula is C21H26N4O3. The number of nitrogens with one attached hydrogen (secondary N) is 2. The second kappa shape index (κ2) is 8.67.